The van der Waals surface area contributed by atoms with Gasteiger partial charge in [-0.05, 0) is 29.8 Å². The molecule has 0 aliphatic carbocycles. The molecule has 10 heteroatoms. The van der Waals surface area contributed by atoms with Crippen LogP contribution in [-0.2, 0) is 22.6 Å². The molecule has 2 aromatic carbocycles. The summed E-state index contributed by atoms with van der Waals surface area (Å²) in [5.74, 6) is -0.779. The highest BCUT2D eigenvalue weighted by Gasteiger charge is 2.16. The average molecular weight is 498 g/mol. The van der Waals surface area contributed by atoms with Crippen LogP contribution in [0.15, 0.2) is 65.4 Å². The molecule has 2 heterocycles. The van der Waals surface area contributed by atoms with Crippen molar-refractivity contribution in [1.82, 2.24) is 14.9 Å². The molecule has 8 nitrogen and oxygen atoms in total. The molecular weight excluding hydrogens is 477 g/mol. The van der Waals surface area contributed by atoms with Crippen LogP contribution in [0.5, 0.6) is 0 Å². The summed E-state index contributed by atoms with van der Waals surface area (Å²) < 4.78 is 30.6. The smallest absolute Gasteiger partial charge is 0.407 e. The Labute approximate surface area is 204 Å². The summed E-state index contributed by atoms with van der Waals surface area (Å²) in [5.41, 5.74) is 2.36. The fourth-order valence-electron chi connectivity index (χ4n) is 3.51. The number of aromatic nitrogens is 2. The number of benzene rings is 2. The molecule has 2 aromatic heterocycles. The molecule has 1 N–H and O–H groups in total. The summed E-state index contributed by atoms with van der Waals surface area (Å²) in [7, 11) is 1.27. The summed E-state index contributed by atoms with van der Waals surface area (Å²) in [4.78, 5) is 27.6. The van der Waals surface area contributed by atoms with Crippen LogP contribution in [0.3, 0.4) is 0 Å². The van der Waals surface area contributed by atoms with E-state index in [1.165, 1.54) is 31.6 Å². The molecule has 0 fully saturated rings. The largest absolute Gasteiger partial charge is 0.456 e. The Morgan fingerprint density at radius 1 is 1.26 bits per heavy atom. The fourth-order valence-corrected chi connectivity index (χ4v) is 3.84. The van der Waals surface area contributed by atoms with Crippen LogP contribution in [0.1, 0.15) is 27.5 Å². The van der Waals surface area contributed by atoms with Gasteiger partial charge in [0, 0.05) is 30.2 Å². The number of carbonyl (C=O) groups excluding carboxylic acids is 2. The van der Waals surface area contributed by atoms with Gasteiger partial charge in [0.25, 0.3) is 0 Å². The van der Waals surface area contributed by atoms with Gasteiger partial charge in [-0.3, -0.25) is 0 Å². The Hall–Kier alpha value is -4.11. The number of nitrogens with one attached hydrogen (secondary N) is 1. The van der Waals surface area contributed by atoms with E-state index in [1.54, 1.807) is 18.3 Å². The summed E-state index contributed by atoms with van der Waals surface area (Å²) >= 11 is 6.50. The second-order valence-electron chi connectivity index (χ2n) is 7.47. The lowest BCUT2D eigenvalue weighted by molar-refractivity contribution is 0.0467. The number of fused-ring (bicyclic) bond motifs is 1. The van der Waals surface area contributed by atoms with Crippen molar-refractivity contribution >= 4 is 40.6 Å². The van der Waals surface area contributed by atoms with Crippen molar-refractivity contribution in [2.45, 2.75) is 13.2 Å². The summed E-state index contributed by atoms with van der Waals surface area (Å²) in [6.45, 7) is 0.619. The van der Waals surface area contributed by atoms with Gasteiger partial charge < -0.3 is 23.8 Å². The molecule has 0 saturated heterocycles. The molecule has 35 heavy (non-hydrogen) atoms. The zero-order chi connectivity index (χ0) is 24.8. The third-order valence-corrected chi connectivity index (χ3v) is 5.37. The number of halogens is 2. The van der Waals surface area contributed by atoms with E-state index in [1.807, 2.05) is 28.8 Å². The van der Waals surface area contributed by atoms with Gasteiger partial charge >= 0.3 is 12.1 Å². The second kappa shape index (κ2) is 10.9. The van der Waals surface area contributed by atoms with E-state index >= 15 is 0 Å². The van der Waals surface area contributed by atoms with Crippen LogP contribution in [0.2, 0.25) is 5.02 Å². The maximum Gasteiger partial charge on any atom is 0.407 e. The number of oxazole rings is 1. The van der Waals surface area contributed by atoms with Crippen molar-refractivity contribution in [3.63, 3.8) is 0 Å². The number of rotatable bonds is 8. The number of amides is 1. The first-order chi connectivity index (χ1) is 16.9. The molecule has 1 amide bonds. The summed E-state index contributed by atoms with van der Waals surface area (Å²) in [5, 5.41) is 3.72. The number of carbonyl (C=O) groups is 2. The second-order valence-corrected chi connectivity index (χ2v) is 7.88. The van der Waals surface area contributed by atoms with Crippen molar-refractivity contribution in [2.24, 2.45) is 0 Å². The highest BCUT2D eigenvalue weighted by Crippen LogP contribution is 2.30. The van der Waals surface area contributed by atoms with Gasteiger partial charge in [0.05, 0.1) is 17.6 Å². The quantitative estimate of drug-likeness (QED) is 0.336. The minimum Gasteiger partial charge on any atom is -0.456 e. The minimum atomic E-state index is -0.659. The Kier molecular flexibility index (Phi) is 7.47. The average Bonchev–Trinajstić information content (AvgIpc) is 3.45. The lowest BCUT2D eigenvalue weighted by Crippen LogP contribution is -2.22. The molecular formula is C25H21ClFN3O5. The number of esters is 1. The zero-order valence-corrected chi connectivity index (χ0v) is 19.4. The topological polar surface area (TPSA) is 95.6 Å². The van der Waals surface area contributed by atoms with Gasteiger partial charge in [-0.15, -0.1) is 0 Å². The SMILES string of the molecule is COC(=O)NC/C=C\c1nc(C(=O)OCc2cccc3c2c(Cl)cn3Cc2cccc(F)c2)co1. The third kappa shape index (κ3) is 5.88. The highest BCUT2D eigenvalue weighted by atomic mass is 35.5. The normalized spacial score (nSPS) is 11.2. The Balaban J connectivity index is 1.43. The van der Waals surface area contributed by atoms with Crippen LogP contribution in [0, 0.1) is 5.82 Å². The number of hydrogen-bond acceptors (Lipinski definition) is 6. The molecule has 0 radical (unpaired) electrons. The zero-order valence-electron chi connectivity index (χ0n) is 18.7. The lowest BCUT2D eigenvalue weighted by atomic mass is 10.1. The molecule has 0 unspecified atom stereocenters. The fraction of sp³-hybridized carbons (Fsp3) is 0.160. The molecule has 0 bridgehead atoms. The summed E-state index contributed by atoms with van der Waals surface area (Å²) in [6.07, 6.45) is 5.50. The van der Waals surface area contributed by atoms with Crippen molar-refractivity contribution in [3.05, 3.63) is 94.6 Å². The highest BCUT2D eigenvalue weighted by molar-refractivity contribution is 6.36. The van der Waals surface area contributed by atoms with Crippen LogP contribution in [0.4, 0.5) is 9.18 Å². The number of hydrogen-bond donors (Lipinski definition) is 1. The predicted molar refractivity (Wildman–Crippen MR) is 128 cm³/mol. The van der Waals surface area contributed by atoms with Crippen LogP contribution in [0.25, 0.3) is 17.0 Å². The third-order valence-electron chi connectivity index (χ3n) is 5.09. The number of methoxy groups -OCH3 is 1. The van der Waals surface area contributed by atoms with E-state index in [0.717, 1.165) is 22.0 Å². The van der Waals surface area contributed by atoms with E-state index in [2.05, 4.69) is 15.0 Å². The van der Waals surface area contributed by atoms with E-state index in [0.29, 0.717) is 11.6 Å². The van der Waals surface area contributed by atoms with Crippen molar-refractivity contribution in [2.75, 3.05) is 13.7 Å². The monoisotopic (exact) mass is 497 g/mol. The van der Waals surface area contributed by atoms with E-state index < -0.39 is 12.1 Å². The van der Waals surface area contributed by atoms with Crippen LogP contribution >= 0.6 is 11.6 Å². The van der Waals surface area contributed by atoms with E-state index in [9.17, 15) is 14.0 Å². The van der Waals surface area contributed by atoms with E-state index in [4.69, 9.17) is 20.8 Å². The standard InChI is InChI=1S/C25H21ClFN3O5/c1-33-25(32)28-10-4-9-22-29-20(15-34-22)24(31)35-14-17-6-3-8-21-23(17)19(26)13-30(21)12-16-5-2-7-18(27)11-16/h2-9,11,13,15H,10,12,14H2,1H3,(H,28,32)/b9-4-. The first-order valence-corrected chi connectivity index (χ1v) is 10.9. The Bertz CT molecular complexity index is 1400. The van der Waals surface area contributed by atoms with Crippen LogP contribution in [-0.4, -0.2) is 35.3 Å². The van der Waals surface area contributed by atoms with Crippen molar-refractivity contribution < 1.29 is 27.9 Å². The predicted octanol–water partition coefficient (Wildman–Crippen LogP) is 5.20. The van der Waals surface area contributed by atoms with Gasteiger partial charge in [0.1, 0.15) is 18.7 Å². The van der Waals surface area contributed by atoms with Gasteiger partial charge in [-0.2, -0.15) is 0 Å². The van der Waals surface area contributed by atoms with Gasteiger partial charge in [-0.25, -0.2) is 19.0 Å². The molecule has 0 spiro atoms. The van der Waals surface area contributed by atoms with E-state index in [-0.39, 0.29) is 30.6 Å². The molecule has 0 atom stereocenters. The van der Waals surface area contributed by atoms with Gasteiger partial charge in [0.15, 0.2) is 5.69 Å². The lowest BCUT2D eigenvalue weighted by Gasteiger charge is -2.08. The van der Waals surface area contributed by atoms with Gasteiger partial charge in [-0.1, -0.05) is 41.9 Å². The van der Waals surface area contributed by atoms with Crippen molar-refractivity contribution in [1.29, 1.82) is 0 Å². The number of alkyl carbamates (subject to hydrolysis) is 1. The first kappa shape index (κ1) is 24.0. The Morgan fingerprint density at radius 3 is 2.89 bits per heavy atom. The molecule has 180 valence electrons. The molecule has 0 aliphatic rings. The molecule has 4 aromatic rings. The van der Waals surface area contributed by atoms with Gasteiger partial charge in [0.2, 0.25) is 5.89 Å². The van der Waals surface area contributed by atoms with Crippen molar-refractivity contribution in [3.8, 4) is 0 Å². The van der Waals surface area contributed by atoms with Crippen LogP contribution < -0.4 is 5.32 Å². The minimum absolute atomic E-state index is 0.00697. The number of ether oxygens (including phenoxy) is 2. The maximum absolute atomic E-state index is 13.6. The first-order valence-electron chi connectivity index (χ1n) is 10.6. The molecule has 4 rings (SSSR count). The molecule has 0 aliphatic heterocycles. The molecule has 0 saturated carbocycles. The Morgan fingerprint density at radius 2 is 2.09 bits per heavy atom. The number of nitrogens with zero attached hydrogens (tertiary/aromatic N) is 2. The maximum atomic E-state index is 13.6. The summed E-state index contributed by atoms with van der Waals surface area (Å²) in [6, 6.07) is 11.9.